The summed E-state index contributed by atoms with van der Waals surface area (Å²) < 4.78 is 6.84. The molecule has 0 atom stereocenters. The van der Waals surface area contributed by atoms with Crippen LogP contribution in [-0.2, 0) is 4.79 Å². The van der Waals surface area contributed by atoms with E-state index in [1.165, 1.54) is 18.1 Å². The van der Waals surface area contributed by atoms with Crippen molar-refractivity contribution < 1.29 is 9.53 Å². The summed E-state index contributed by atoms with van der Waals surface area (Å²) in [5.41, 5.74) is 2.03. The van der Waals surface area contributed by atoms with Gasteiger partial charge in [0.2, 0.25) is 5.91 Å². The molecule has 1 N–H and O–H groups in total. The summed E-state index contributed by atoms with van der Waals surface area (Å²) in [6.45, 7) is 0. The number of amides is 1. The van der Waals surface area contributed by atoms with E-state index >= 15 is 0 Å². The fraction of sp³-hybridized carbons (Fsp3) is 0.100. The summed E-state index contributed by atoms with van der Waals surface area (Å²) in [5, 5.41) is 9.26. The minimum atomic E-state index is -0.145. The van der Waals surface area contributed by atoms with Crippen molar-refractivity contribution in [2.24, 2.45) is 0 Å². The summed E-state index contributed by atoms with van der Waals surface area (Å²) in [6, 6.07) is 14.6. The highest BCUT2D eigenvalue weighted by Crippen LogP contribution is 2.28. The highest BCUT2D eigenvalue weighted by molar-refractivity contribution is 8.00. The number of carbonyl (C=O) groups is 1. The Morgan fingerprint density at radius 2 is 2.07 bits per heavy atom. The third kappa shape index (κ3) is 4.18. The fourth-order valence-electron chi connectivity index (χ4n) is 2.77. The summed E-state index contributed by atoms with van der Waals surface area (Å²) in [4.78, 5) is 21.0. The normalized spacial score (nSPS) is 10.8. The highest BCUT2D eigenvalue weighted by atomic mass is 35.5. The van der Waals surface area contributed by atoms with E-state index in [-0.39, 0.29) is 11.7 Å². The van der Waals surface area contributed by atoms with Gasteiger partial charge in [-0.25, -0.2) is 14.6 Å². The second-order valence-electron chi connectivity index (χ2n) is 5.99. The number of hydrogen-bond donors (Lipinski definition) is 1. The minimum absolute atomic E-state index is 0.145. The lowest BCUT2D eigenvalue weighted by Gasteiger charge is -2.07. The summed E-state index contributed by atoms with van der Waals surface area (Å²) in [7, 11) is 1.58. The van der Waals surface area contributed by atoms with Crippen molar-refractivity contribution in [2.75, 3.05) is 18.2 Å². The summed E-state index contributed by atoms with van der Waals surface area (Å²) in [5.74, 6) is 0.731. The number of methoxy groups -OCH3 is 1. The van der Waals surface area contributed by atoms with Crippen LogP contribution in [0.5, 0.6) is 5.75 Å². The molecule has 0 saturated carbocycles. The first-order valence-electron chi connectivity index (χ1n) is 8.66. The first-order valence-corrected chi connectivity index (χ1v) is 10.0. The maximum atomic E-state index is 12.3. The second kappa shape index (κ2) is 8.50. The maximum Gasteiger partial charge on any atom is 0.234 e. The van der Waals surface area contributed by atoms with Gasteiger partial charge >= 0.3 is 0 Å². The van der Waals surface area contributed by atoms with Gasteiger partial charge in [0.1, 0.15) is 17.1 Å². The number of carbonyl (C=O) groups excluding carboxylic acids is 1. The molecule has 2 aromatic carbocycles. The Labute approximate surface area is 176 Å². The van der Waals surface area contributed by atoms with E-state index in [1.54, 1.807) is 30.1 Å². The zero-order valence-electron chi connectivity index (χ0n) is 15.4. The minimum Gasteiger partial charge on any atom is -0.497 e. The van der Waals surface area contributed by atoms with Gasteiger partial charge in [-0.3, -0.25) is 4.79 Å². The molecule has 0 aliphatic rings. The summed E-state index contributed by atoms with van der Waals surface area (Å²) >= 11 is 7.61. The SMILES string of the molecule is COc1cccc(NC(=O)CSc2ncnc3c2cnn3-c2ccccc2Cl)c1. The molecule has 0 fully saturated rings. The smallest absolute Gasteiger partial charge is 0.234 e. The zero-order valence-corrected chi connectivity index (χ0v) is 16.9. The standard InChI is InChI=1S/C20H16ClN5O2S/c1-28-14-6-4-5-13(9-14)25-18(27)11-29-20-15-10-24-26(19(15)22-12-23-20)17-8-3-2-7-16(17)21/h2-10,12H,11H2,1H3,(H,25,27). The van der Waals surface area contributed by atoms with E-state index in [9.17, 15) is 4.79 Å². The van der Waals surface area contributed by atoms with Crippen LogP contribution in [0.15, 0.2) is 66.1 Å². The molecule has 2 heterocycles. The Morgan fingerprint density at radius 3 is 2.90 bits per heavy atom. The Morgan fingerprint density at radius 1 is 1.21 bits per heavy atom. The van der Waals surface area contributed by atoms with Gasteiger partial charge < -0.3 is 10.1 Å². The van der Waals surface area contributed by atoms with Gasteiger partial charge in [-0.1, -0.05) is 41.6 Å². The van der Waals surface area contributed by atoms with Crippen molar-refractivity contribution in [1.29, 1.82) is 0 Å². The monoisotopic (exact) mass is 425 g/mol. The molecule has 4 rings (SSSR count). The number of para-hydroxylation sites is 1. The number of nitrogens with one attached hydrogen (secondary N) is 1. The molecule has 7 nitrogen and oxygen atoms in total. The van der Waals surface area contributed by atoms with Crippen LogP contribution in [0.4, 0.5) is 5.69 Å². The average Bonchev–Trinajstić information content (AvgIpc) is 3.17. The van der Waals surface area contributed by atoms with E-state index in [4.69, 9.17) is 16.3 Å². The number of rotatable bonds is 6. The predicted molar refractivity (Wildman–Crippen MR) is 114 cm³/mol. The van der Waals surface area contributed by atoms with Crippen LogP contribution in [-0.4, -0.2) is 38.5 Å². The molecule has 0 unspecified atom stereocenters. The van der Waals surface area contributed by atoms with E-state index in [1.807, 2.05) is 36.4 Å². The Bertz CT molecular complexity index is 1180. The lowest BCUT2D eigenvalue weighted by atomic mass is 10.3. The highest BCUT2D eigenvalue weighted by Gasteiger charge is 2.14. The maximum absolute atomic E-state index is 12.3. The number of ether oxygens (including phenoxy) is 1. The summed E-state index contributed by atoms with van der Waals surface area (Å²) in [6.07, 6.45) is 3.14. The molecule has 4 aromatic rings. The number of fused-ring (bicyclic) bond motifs is 1. The van der Waals surface area contributed by atoms with Crippen LogP contribution in [0.2, 0.25) is 5.02 Å². The van der Waals surface area contributed by atoms with Crippen molar-refractivity contribution in [2.45, 2.75) is 5.03 Å². The Kier molecular flexibility index (Phi) is 5.64. The third-order valence-electron chi connectivity index (χ3n) is 4.10. The van der Waals surface area contributed by atoms with Crippen molar-refractivity contribution in [1.82, 2.24) is 19.7 Å². The van der Waals surface area contributed by atoms with Gasteiger partial charge in [-0.05, 0) is 24.3 Å². The molecule has 0 aliphatic carbocycles. The van der Waals surface area contributed by atoms with Crippen molar-refractivity contribution in [3.8, 4) is 11.4 Å². The topological polar surface area (TPSA) is 81.9 Å². The number of anilines is 1. The van der Waals surface area contributed by atoms with Crippen LogP contribution in [0.3, 0.4) is 0 Å². The molecule has 0 aliphatic heterocycles. The number of nitrogens with zero attached hydrogens (tertiary/aromatic N) is 4. The number of hydrogen-bond acceptors (Lipinski definition) is 6. The van der Waals surface area contributed by atoms with Gasteiger partial charge in [0.15, 0.2) is 5.65 Å². The molecule has 0 radical (unpaired) electrons. The zero-order chi connectivity index (χ0) is 20.2. The second-order valence-corrected chi connectivity index (χ2v) is 7.36. The predicted octanol–water partition coefficient (Wildman–Crippen LogP) is 4.21. The van der Waals surface area contributed by atoms with Crippen LogP contribution in [0.25, 0.3) is 16.7 Å². The molecule has 1 amide bonds. The number of benzene rings is 2. The molecular weight excluding hydrogens is 410 g/mol. The molecule has 0 bridgehead atoms. The van der Waals surface area contributed by atoms with Gasteiger partial charge in [-0.2, -0.15) is 5.10 Å². The van der Waals surface area contributed by atoms with Crippen LogP contribution in [0, 0.1) is 0 Å². The first-order chi connectivity index (χ1) is 14.2. The van der Waals surface area contributed by atoms with Crippen LogP contribution >= 0.6 is 23.4 Å². The molecule has 0 saturated heterocycles. The first kappa shape index (κ1) is 19.2. The van der Waals surface area contributed by atoms with Gasteiger partial charge in [0.05, 0.1) is 35.2 Å². The van der Waals surface area contributed by atoms with Gasteiger partial charge in [0.25, 0.3) is 0 Å². The van der Waals surface area contributed by atoms with E-state index in [0.717, 1.165) is 11.1 Å². The Balaban J connectivity index is 1.51. The molecule has 29 heavy (non-hydrogen) atoms. The van der Waals surface area contributed by atoms with Crippen molar-refractivity contribution in [3.63, 3.8) is 0 Å². The molecule has 2 aromatic heterocycles. The van der Waals surface area contributed by atoms with Gasteiger partial charge in [0, 0.05) is 11.8 Å². The molecule has 0 spiro atoms. The van der Waals surface area contributed by atoms with E-state index < -0.39 is 0 Å². The van der Waals surface area contributed by atoms with Crippen LogP contribution < -0.4 is 10.1 Å². The van der Waals surface area contributed by atoms with Crippen molar-refractivity contribution in [3.05, 3.63) is 66.1 Å². The molecule has 146 valence electrons. The third-order valence-corrected chi connectivity index (χ3v) is 5.43. The Hall–Kier alpha value is -3.10. The van der Waals surface area contributed by atoms with Crippen molar-refractivity contribution >= 4 is 46.0 Å². The fourth-order valence-corrected chi connectivity index (χ4v) is 3.75. The number of halogens is 1. The molecule has 9 heteroatoms. The average molecular weight is 426 g/mol. The van der Waals surface area contributed by atoms with E-state index in [0.29, 0.717) is 27.1 Å². The molecular formula is C20H16ClN5O2S. The number of thioether (sulfide) groups is 1. The lowest BCUT2D eigenvalue weighted by Crippen LogP contribution is -2.14. The number of aromatic nitrogens is 4. The van der Waals surface area contributed by atoms with Crippen LogP contribution in [0.1, 0.15) is 0 Å². The van der Waals surface area contributed by atoms with Gasteiger partial charge in [-0.15, -0.1) is 0 Å². The largest absolute Gasteiger partial charge is 0.497 e. The van der Waals surface area contributed by atoms with E-state index in [2.05, 4.69) is 20.4 Å². The lowest BCUT2D eigenvalue weighted by molar-refractivity contribution is -0.113. The quantitative estimate of drug-likeness (QED) is 0.368.